The molecule has 9 heteroatoms. The second-order valence-electron chi connectivity index (χ2n) is 8.88. The minimum Gasteiger partial charge on any atom is -0.480 e. The zero-order valence-electron chi connectivity index (χ0n) is 19.8. The maximum absolute atomic E-state index is 13.2. The van der Waals surface area contributed by atoms with Crippen LogP contribution in [0.1, 0.15) is 36.8 Å². The Morgan fingerprint density at radius 1 is 1.06 bits per heavy atom. The summed E-state index contributed by atoms with van der Waals surface area (Å²) < 4.78 is 16.1. The summed E-state index contributed by atoms with van der Waals surface area (Å²) in [6.45, 7) is 2.14. The zero-order chi connectivity index (χ0) is 25.0. The number of methoxy groups -OCH3 is 1. The molecule has 3 N–H and O–H groups in total. The summed E-state index contributed by atoms with van der Waals surface area (Å²) in [6, 6.07) is 14.8. The van der Waals surface area contributed by atoms with E-state index >= 15 is 0 Å². The van der Waals surface area contributed by atoms with Crippen LogP contribution < -0.4 is 10.6 Å². The molecule has 186 valence electrons. The lowest BCUT2D eigenvalue weighted by Gasteiger charge is -2.37. The van der Waals surface area contributed by atoms with Gasteiger partial charge in [-0.2, -0.15) is 0 Å². The van der Waals surface area contributed by atoms with Gasteiger partial charge in [0.05, 0.1) is 6.10 Å². The minimum absolute atomic E-state index is 0.104. The van der Waals surface area contributed by atoms with Gasteiger partial charge in [-0.15, -0.1) is 0 Å². The minimum atomic E-state index is -1.35. The Morgan fingerprint density at radius 2 is 1.63 bits per heavy atom. The smallest absolute Gasteiger partial charge is 0.408 e. The van der Waals surface area contributed by atoms with Gasteiger partial charge in [0.15, 0.2) is 6.04 Å². The van der Waals surface area contributed by atoms with E-state index in [1.165, 1.54) is 7.11 Å². The Hall–Kier alpha value is -3.43. The molecule has 0 saturated carbocycles. The number of carbonyl (C=O) groups excluding carboxylic acids is 2. The quantitative estimate of drug-likeness (QED) is 0.529. The fourth-order valence-corrected chi connectivity index (χ4v) is 4.75. The van der Waals surface area contributed by atoms with Crippen LogP contribution in [0.3, 0.4) is 0 Å². The number of fused-ring (bicyclic) bond motifs is 3. The van der Waals surface area contributed by atoms with Gasteiger partial charge < -0.3 is 30.0 Å². The predicted octanol–water partition coefficient (Wildman–Crippen LogP) is 2.68. The molecule has 2 aromatic rings. The van der Waals surface area contributed by atoms with Crippen molar-refractivity contribution in [2.24, 2.45) is 0 Å². The number of carbonyl (C=O) groups is 3. The number of hydrogen-bond acceptors (Lipinski definition) is 6. The van der Waals surface area contributed by atoms with Crippen LogP contribution in [0.5, 0.6) is 0 Å². The monoisotopic (exact) mass is 482 g/mol. The number of hydrogen-bond donors (Lipinski definition) is 3. The molecule has 35 heavy (non-hydrogen) atoms. The molecular weight excluding hydrogens is 452 g/mol. The van der Waals surface area contributed by atoms with Gasteiger partial charge in [-0.3, -0.25) is 4.79 Å². The molecule has 1 heterocycles. The van der Waals surface area contributed by atoms with Gasteiger partial charge in [0.1, 0.15) is 12.1 Å². The average Bonchev–Trinajstić information content (AvgIpc) is 3.19. The molecule has 1 fully saturated rings. The average molecular weight is 483 g/mol. The summed E-state index contributed by atoms with van der Waals surface area (Å²) in [5.74, 6) is -1.95. The molecular formula is C26H30N2O7. The molecule has 2 atom stereocenters. The molecule has 4 rings (SSSR count). The molecule has 1 aliphatic carbocycles. The van der Waals surface area contributed by atoms with Gasteiger partial charge in [0.25, 0.3) is 0 Å². The molecule has 1 saturated heterocycles. The number of ether oxygens (including phenoxy) is 3. The van der Waals surface area contributed by atoms with Crippen LogP contribution in [0.2, 0.25) is 0 Å². The number of carboxylic acid groups (broad SMARTS) is 1. The van der Waals surface area contributed by atoms with Crippen LogP contribution >= 0.6 is 0 Å². The lowest BCUT2D eigenvalue weighted by Crippen LogP contribution is -2.64. The fraction of sp³-hybridized carbons (Fsp3) is 0.423. The summed E-state index contributed by atoms with van der Waals surface area (Å²) in [5, 5.41) is 14.8. The van der Waals surface area contributed by atoms with Crippen molar-refractivity contribution in [2.75, 3.05) is 26.9 Å². The van der Waals surface area contributed by atoms with Crippen molar-refractivity contribution < 1.29 is 33.7 Å². The van der Waals surface area contributed by atoms with Crippen LogP contribution in [0, 0.1) is 0 Å². The van der Waals surface area contributed by atoms with E-state index < -0.39 is 35.7 Å². The van der Waals surface area contributed by atoms with Gasteiger partial charge in [-0.25, -0.2) is 9.59 Å². The number of amides is 2. The molecule has 2 unspecified atom stereocenters. The van der Waals surface area contributed by atoms with Crippen molar-refractivity contribution in [1.29, 1.82) is 0 Å². The standard InChI is InChI=1S/C26H30N2O7/c1-16(33-2)22(23(29)30)27-24(31)26(11-13-34-14-12-26)28-25(32)35-15-21-19-9-5-3-7-17(19)18-8-4-6-10-20(18)21/h3-10,16,21-22H,11-15H2,1-2H3,(H,27,31)(H,28,32)(H,29,30). The number of rotatable bonds is 8. The Morgan fingerprint density at radius 3 is 2.17 bits per heavy atom. The van der Waals surface area contributed by atoms with Gasteiger partial charge >= 0.3 is 12.1 Å². The third-order valence-electron chi connectivity index (χ3n) is 6.86. The van der Waals surface area contributed by atoms with Crippen LogP contribution in [-0.4, -0.2) is 67.7 Å². The Balaban J connectivity index is 1.47. The van der Waals surface area contributed by atoms with Crippen LogP contribution in [0.25, 0.3) is 11.1 Å². The van der Waals surface area contributed by atoms with E-state index in [2.05, 4.69) is 22.8 Å². The van der Waals surface area contributed by atoms with Crippen molar-refractivity contribution >= 4 is 18.0 Å². The van der Waals surface area contributed by atoms with E-state index in [4.69, 9.17) is 14.2 Å². The van der Waals surface area contributed by atoms with E-state index in [-0.39, 0.29) is 38.6 Å². The number of alkyl carbamates (subject to hydrolysis) is 1. The van der Waals surface area contributed by atoms with Crippen LogP contribution in [0.4, 0.5) is 4.79 Å². The number of carboxylic acids is 1. The predicted molar refractivity (Wildman–Crippen MR) is 127 cm³/mol. The second-order valence-corrected chi connectivity index (χ2v) is 8.88. The summed E-state index contributed by atoms with van der Waals surface area (Å²) in [5.41, 5.74) is 3.05. The molecule has 2 amide bonds. The van der Waals surface area contributed by atoms with Crippen LogP contribution in [0.15, 0.2) is 48.5 Å². The van der Waals surface area contributed by atoms with Crippen molar-refractivity contribution in [3.63, 3.8) is 0 Å². The third kappa shape index (κ3) is 5.01. The summed E-state index contributed by atoms with van der Waals surface area (Å²) >= 11 is 0. The normalized spacial score (nSPS) is 18.0. The van der Waals surface area contributed by atoms with E-state index in [1.54, 1.807) is 6.92 Å². The van der Waals surface area contributed by atoms with Gasteiger partial charge in [0, 0.05) is 39.1 Å². The van der Waals surface area contributed by atoms with Crippen molar-refractivity contribution in [3.8, 4) is 11.1 Å². The highest BCUT2D eigenvalue weighted by atomic mass is 16.5. The maximum atomic E-state index is 13.2. The topological polar surface area (TPSA) is 123 Å². The van der Waals surface area contributed by atoms with Crippen LogP contribution in [-0.2, 0) is 23.8 Å². The summed E-state index contributed by atoms with van der Waals surface area (Å²) in [4.78, 5) is 37.8. The third-order valence-corrected chi connectivity index (χ3v) is 6.86. The fourth-order valence-electron chi connectivity index (χ4n) is 4.75. The highest BCUT2D eigenvalue weighted by Crippen LogP contribution is 2.44. The van der Waals surface area contributed by atoms with Crippen molar-refractivity contribution in [2.45, 2.75) is 43.4 Å². The Kier molecular flexibility index (Phi) is 7.37. The molecule has 0 spiro atoms. The first-order valence-corrected chi connectivity index (χ1v) is 11.6. The van der Waals surface area contributed by atoms with Crippen molar-refractivity contribution in [3.05, 3.63) is 59.7 Å². The van der Waals surface area contributed by atoms with E-state index in [0.29, 0.717) is 0 Å². The molecule has 1 aliphatic heterocycles. The molecule has 0 bridgehead atoms. The number of nitrogens with one attached hydrogen (secondary N) is 2. The highest BCUT2D eigenvalue weighted by Gasteiger charge is 2.44. The lowest BCUT2D eigenvalue weighted by molar-refractivity contribution is -0.147. The molecule has 9 nitrogen and oxygen atoms in total. The molecule has 2 aliphatic rings. The zero-order valence-corrected chi connectivity index (χ0v) is 19.8. The maximum Gasteiger partial charge on any atom is 0.408 e. The number of aliphatic carboxylic acids is 1. The van der Waals surface area contributed by atoms with E-state index in [9.17, 15) is 19.5 Å². The number of benzene rings is 2. The summed E-state index contributed by atoms with van der Waals surface area (Å²) in [7, 11) is 1.37. The molecule has 0 radical (unpaired) electrons. The van der Waals surface area contributed by atoms with E-state index in [0.717, 1.165) is 22.3 Å². The van der Waals surface area contributed by atoms with Gasteiger partial charge in [-0.05, 0) is 29.2 Å². The first-order valence-electron chi connectivity index (χ1n) is 11.6. The first-order chi connectivity index (χ1) is 16.9. The molecule has 0 aromatic heterocycles. The highest BCUT2D eigenvalue weighted by molar-refractivity contribution is 5.93. The first kappa shape index (κ1) is 24.7. The van der Waals surface area contributed by atoms with Gasteiger partial charge in [-0.1, -0.05) is 48.5 Å². The van der Waals surface area contributed by atoms with Crippen molar-refractivity contribution in [1.82, 2.24) is 10.6 Å². The second kappa shape index (κ2) is 10.5. The SMILES string of the molecule is COC(C)C(NC(=O)C1(NC(=O)OCC2c3ccccc3-c3ccccc32)CCOCC1)C(=O)O. The van der Waals surface area contributed by atoms with Gasteiger partial charge in [0.2, 0.25) is 5.91 Å². The molecule has 2 aromatic carbocycles. The Labute approximate surface area is 203 Å². The Bertz CT molecular complexity index is 1050. The lowest BCUT2D eigenvalue weighted by atomic mass is 9.88. The largest absolute Gasteiger partial charge is 0.480 e. The van der Waals surface area contributed by atoms with E-state index in [1.807, 2.05) is 36.4 Å². The summed E-state index contributed by atoms with van der Waals surface area (Å²) in [6.07, 6.45) is -1.12.